The van der Waals surface area contributed by atoms with Crippen molar-refractivity contribution < 1.29 is 18.7 Å². The highest BCUT2D eigenvalue weighted by molar-refractivity contribution is 5.92. The Kier molecular flexibility index (Phi) is 7.48. The van der Waals surface area contributed by atoms with Crippen molar-refractivity contribution in [3.05, 3.63) is 89.2 Å². The van der Waals surface area contributed by atoms with Gasteiger partial charge in [-0.15, -0.1) is 0 Å². The van der Waals surface area contributed by atoms with Crippen LogP contribution in [0.25, 0.3) is 0 Å². The fourth-order valence-corrected chi connectivity index (χ4v) is 4.58. The fraction of sp³-hybridized carbons (Fsp3) is 0.321. The predicted molar refractivity (Wildman–Crippen MR) is 132 cm³/mol. The second-order valence-corrected chi connectivity index (χ2v) is 8.90. The summed E-state index contributed by atoms with van der Waals surface area (Å²) in [4.78, 5) is 15.6. The molecular formula is C28H31FN2O3. The third kappa shape index (κ3) is 5.75. The van der Waals surface area contributed by atoms with Crippen LogP contribution in [0, 0.1) is 18.7 Å². The van der Waals surface area contributed by atoms with Crippen LogP contribution in [0.15, 0.2) is 66.7 Å². The molecule has 3 aromatic carbocycles. The van der Waals surface area contributed by atoms with Gasteiger partial charge in [-0.3, -0.25) is 9.69 Å². The lowest BCUT2D eigenvalue weighted by Crippen LogP contribution is -2.43. The van der Waals surface area contributed by atoms with Crippen molar-refractivity contribution in [2.45, 2.75) is 25.8 Å². The lowest BCUT2D eigenvalue weighted by atomic mass is 9.83. The summed E-state index contributed by atoms with van der Waals surface area (Å²) >= 11 is 0. The molecule has 178 valence electrons. The molecule has 1 aliphatic heterocycles. The van der Waals surface area contributed by atoms with Gasteiger partial charge in [0, 0.05) is 25.3 Å². The number of hydrogen-bond donors (Lipinski definition) is 1. The molecular weight excluding hydrogens is 431 g/mol. The highest BCUT2D eigenvalue weighted by Gasteiger charge is 2.32. The first kappa shape index (κ1) is 23.8. The molecule has 2 unspecified atom stereocenters. The number of likely N-dealkylation sites (tertiary alicyclic amines) is 1. The number of halogens is 1. The van der Waals surface area contributed by atoms with Gasteiger partial charge in [0.05, 0.1) is 20.1 Å². The molecule has 0 aliphatic carbocycles. The van der Waals surface area contributed by atoms with Crippen LogP contribution in [0.3, 0.4) is 0 Å². The van der Waals surface area contributed by atoms with Crippen LogP contribution < -0.4 is 14.8 Å². The van der Waals surface area contributed by atoms with Gasteiger partial charge in [0.15, 0.2) is 0 Å². The van der Waals surface area contributed by atoms with Crippen molar-refractivity contribution in [3.8, 4) is 11.5 Å². The van der Waals surface area contributed by atoms with Crippen molar-refractivity contribution >= 4 is 11.6 Å². The molecule has 0 aromatic heterocycles. The number of hydrogen-bond acceptors (Lipinski definition) is 4. The third-order valence-corrected chi connectivity index (χ3v) is 6.47. The zero-order valence-corrected chi connectivity index (χ0v) is 19.9. The first-order valence-electron chi connectivity index (χ1n) is 11.5. The molecule has 1 fully saturated rings. The zero-order chi connectivity index (χ0) is 24.1. The molecule has 34 heavy (non-hydrogen) atoms. The van der Waals surface area contributed by atoms with E-state index in [-0.39, 0.29) is 23.6 Å². The number of rotatable bonds is 7. The van der Waals surface area contributed by atoms with Gasteiger partial charge in [0.2, 0.25) is 5.91 Å². The second kappa shape index (κ2) is 10.7. The molecule has 1 N–H and O–H groups in total. The number of anilines is 1. The van der Waals surface area contributed by atoms with Gasteiger partial charge in [-0.05, 0) is 78.4 Å². The van der Waals surface area contributed by atoms with Crippen molar-refractivity contribution in [1.29, 1.82) is 0 Å². The van der Waals surface area contributed by atoms with Crippen LogP contribution in [-0.4, -0.2) is 38.1 Å². The highest BCUT2D eigenvalue weighted by Crippen LogP contribution is 2.33. The molecule has 0 radical (unpaired) electrons. The number of amides is 1. The fourth-order valence-electron chi connectivity index (χ4n) is 4.58. The number of carbonyl (C=O) groups is 1. The van der Waals surface area contributed by atoms with Crippen molar-refractivity contribution in [2.24, 2.45) is 5.92 Å². The molecule has 2 atom stereocenters. The monoisotopic (exact) mass is 462 g/mol. The van der Waals surface area contributed by atoms with E-state index in [0.29, 0.717) is 18.5 Å². The molecule has 1 saturated heterocycles. The number of nitrogens with one attached hydrogen (secondary N) is 1. The van der Waals surface area contributed by atoms with E-state index in [2.05, 4.69) is 22.3 Å². The first-order chi connectivity index (χ1) is 16.4. The molecule has 1 amide bonds. The lowest BCUT2D eigenvalue weighted by Gasteiger charge is -2.37. The summed E-state index contributed by atoms with van der Waals surface area (Å²) in [6.07, 6.45) is 0.714. The zero-order valence-electron chi connectivity index (χ0n) is 19.9. The van der Waals surface area contributed by atoms with Crippen LogP contribution in [0.5, 0.6) is 11.5 Å². The Labute approximate surface area is 200 Å². The van der Waals surface area contributed by atoms with Gasteiger partial charge in [0.1, 0.15) is 17.3 Å². The summed E-state index contributed by atoms with van der Waals surface area (Å²) in [5.41, 5.74) is 3.60. The molecule has 5 nitrogen and oxygen atoms in total. The van der Waals surface area contributed by atoms with Gasteiger partial charge < -0.3 is 14.8 Å². The summed E-state index contributed by atoms with van der Waals surface area (Å²) < 4.78 is 24.4. The summed E-state index contributed by atoms with van der Waals surface area (Å²) in [5, 5.41) is 3.06. The van der Waals surface area contributed by atoms with Gasteiger partial charge in [-0.1, -0.05) is 24.3 Å². The Morgan fingerprint density at radius 2 is 1.62 bits per heavy atom. The van der Waals surface area contributed by atoms with Crippen LogP contribution in [-0.2, 0) is 11.3 Å². The standard InChI is InChI=1S/C28H31FN2O3/c1-19-14-21(6-13-27(19)29)22-15-23(28(32)30-24-7-11-26(34-3)12-8-24)18-31(17-22)16-20-4-9-25(33-2)10-5-20/h4-14,22-23H,15-18H2,1-3H3,(H,30,32). The highest BCUT2D eigenvalue weighted by atomic mass is 19.1. The minimum atomic E-state index is -0.205. The van der Waals surface area contributed by atoms with Crippen LogP contribution in [0.2, 0.25) is 0 Å². The van der Waals surface area contributed by atoms with Gasteiger partial charge in [-0.2, -0.15) is 0 Å². The van der Waals surface area contributed by atoms with E-state index in [4.69, 9.17) is 9.47 Å². The lowest BCUT2D eigenvalue weighted by molar-refractivity contribution is -0.121. The van der Waals surface area contributed by atoms with Crippen LogP contribution >= 0.6 is 0 Å². The molecule has 1 aliphatic rings. The Balaban J connectivity index is 1.53. The number of ether oxygens (including phenoxy) is 2. The van der Waals surface area contributed by atoms with Gasteiger partial charge in [-0.25, -0.2) is 4.39 Å². The average Bonchev–Trinajstić information content (AvgIpc) is 2.86. The maximum Gasteiger partial charge on any atom is 0.228 e. The first-order valence-corrected chi connectivity index (χ1v) is 11.5. The van der Waals surface area contributed by atoms with Crippen molar-refractivity contribution in [3.63, 3.8) is 0 Å². The topological polar surface area (TPSA) is 50.8 Å². The number of carbonyl (C=O) groups excluding carboxylic acids is 1. The molecule has 6 heteroatoms. The smallest absolute Gasteiger partial charge is 0.228 e. The van der Waals surface area contributed by atoms with E-state index in [1.54, 1.807) is 21.1 Å². The van der Waals surface area contributed by atoms with Crippen molar-refractivity contribution in [1.82, 2.24) is 4.90 Å². The molecule has 3 aromatic rings. The Hall–Kier alpha value is -3.38. The van der Waals surface area contributed by atoms with Gasteiger partial charge >= 0.3 is 0 Å². The summed E-state index contributed by atoms with van der Waals surface area (Å²) in [5.74, 6) is 1.30. The van der Waals surface area contributed by atoms with E-state index >= 15 is 0 Å². The molecule has 1 heterocycles. The molecule has 0 bridgehead atoms. The largest absolute Gasteiger partial charge is 0.497 e. The van der Waals surface area contributed by atoms with E-state index in [1.807, 2.05) is 48.5 Å². The number of aryl methyl sites for hydroxylation is 1. The molecule has 0 saturated carbocycles. The summed E-state index contributed by atoms with van der Waals surface area (Å²) in [6.45, 7) is 3.98. The quantitative estimate of drug-likeness (QED) is 0.511. The number of piperidine rings is 1. The number of benzene rings is 3. The minimum absolute atomic E-state index is 0.00608. The SMILES string of the molecule is COc1ccc(CN2CC(C(=O)Nc3ccc(OC)cc3)CC(c3ccc(F)c(C)c3)C2)cc1. The average molecular weight is 463 g/mol. The maximum absolute atomic E-state index is 13.9. The van der Waals surface area contributed by atoms with Crippen LogP contribution in [0.4, 0.5) is 10.1 Å². The second-order valence-electron chi connectivity index (χ2n) is 8.90. The van der Waals surface area contributed by atoms with Gasteiger partial charge in [0.25, 0.3) is 0 Å². The van der Waals surface area contributed by atoms with E-state index in [9.17, 15) is 9.18 Å². The van der Waals surface area contributed by atoms with Crippen LogP contribution in [0.1, 0.15) is 29.0 Å². The minimum Gasteiger partial charge on any atom is -0.497 e. The summed E-state index contributed by atoms with van der Waals surface area (Å²) in [6, 6.07) is 20.6. The van der Waals surface area contributed by atoms with E-state index in [0.717, 1.165) is 41.4 Å². The normalized spacial score (nSPS) is 18.4. The third-order valence-electron chi connectivity index (χ3n) is 6.47. The molecule has 0 spiro atoms. The maximum atomic E-state index is 13.9. The Morgan fingerprint density at radius 1 is 0.971 bits per heavy atom. The molecule has 4 rings (SSSR count). The van der Waals surface area contributed by atoms with E-state index < -0.39 is 0 Å². The van der Waals surface area contributed by atoms with E-state index in [1.165, 1.54) is 6.07 Å². The number of nitrogens with zero attached hydrogens (tertiary/aromatic N) is 1. The Morgan fingerprint density at radius 3 is 2.24 bits per heavy atom. The summed E-state index contributed by atoms with van der Waals surface area (Å²) in [7, 11) is 3.27. The number of methoxy groups -OCH3 is 2. The van der Waals surface area contributed by atoms with Crippen molar-refractivity contribution in [2.75, 3.05) is 32.6 Å². The Bertz CT molecular complexity index is 1120. The predicted octanol–water partition coefficient (Wildman–Crippen LogP) is 5.40.